The van der Waals surface area contributed by atoms with Crippen LogP contribution in [0.3, 0.4) is 0 Å². The molecule has 0 radical (unpaired) electrons. The van der Waals surface area contributed by atoms with Gasteiger partial charge in [-0.15, -0.1) is 20.2 Å². The van der Waals surface area contributed by atoms with Gasteiger partial charge >= 0.3 is 0 Å². The average molecular weight is 336 g/mol. The Morgan fingerprint density at radius 2 is 1.78 bits per heavy atom. The molecule has 0 amide bonds. The molecule has 1 heterocycles. The van der Waals surface area contributed by atoms with Gasteiger partial charge in [0, 0.05) is 0 Å². The SMILES string of the molecule is CCCCC(O)(CO[N+](=O)[O-])C1OC(CO[N+](=O)[O-])C(C)C1C. The summed E-state index contributed by atoms with van der Waals surface area (Å²) in [4.78, 5) is 29.5. The summed E-state index contributed by atoms with van der Waals surface area (Å²) in [7, 11) is 0. The molecule has 0 bridgehead atoms. The summed E-state index contributed by atoms with van der Waals surface area (Å²) < 4.78 is 5.75. The molecule has 10 heteroatoms. The summed E-state index contributed by atoms with van der Waals surface area (Å²) in [6.07, 6.45) is 0.440. The maximum Gasteiger partial charge on any atom is 0.294 e. The molecule has 1 aliphatic heterocycles. The first-order valence-electron chi connectivity index (χ1n) is 7.63. The fraction of sp³-hybridized carbons (Fsp3) is 1.00. The molecule has 134 valence electrons. The molecule has 1 N–H and O–H groups in total. The third-order valence-corrected chi connectivity index (χ3v) is 4.47. The number of hydrogen-bond donors (Lipinski definition) is 1. The van der Waals surface area contributed by atoms with Crippen LogP contribution in [0.2, 0.25) is 0 Å². The fourth-order valence-electron chi connectivity index (χ4n) is 2.94. The van der Waals surface area contributed by atoms with Crippen molar-refractivity contribution in [3.05, 3.63) is 20.2 Å². The molecule has 0 saturated carbocycles. The molecule has 0 aromatic carbocycles. The fourth-order valence-corrected chi connectivity index (χ4v) is 2.94. The number of hydrogen-bond acceptors (Lipinski definition) is 8. The van der Waals surface area contributed by atoms with Gasteiger partial charge < -0.3 is 19.5 Å². The van der Waals surface area contributed by atoms with E-state index in [2.05, 4.69) is 9.68 Å². The standard InChI is InChI=1S/C13H24N2O8/c1-4-5-6-13(16,8-22-15(19)20)12-10(3)9(2)11(23-12)7-21-14(17)18/h9-12,16H,4-8H2,1-3H3. The Labute approximate surface area is 133 Å². The van der Waals surface area contributed by atoms with Crippen molar-refractivity contribution in [2.75, 3.05) is 13.2 Å². The van der Waals surface area contributed by atoms with Crippen LogP contribution in [-0.4, -0.2) is 46.3 Å². The monoisotopic (exact) mass is 336 g/mol. The molecule has 5 unspecified atom stereocenters. The summed E-state index contributed by atoms with van der Waals surface area (Å²) in [5.41, 5.74) is -1.53. The van der Waals surface area contributed by atoms with E-state index < -0.39 is 34.6 Å². The van der Waals surface area contributed by atoms with E-state index in [1.807, 2.05) is 20.8 Å². The lowest BCUT2D eigenvalue weighted by Crippen LogP contribution is -2.49. The van der Waals surface area contributed by atoms with Gasteiger partial charge in [-0.3, -0.25) is 0 Å². The van der Waals surface area contributed by atoms with Crippen molar-refractivity contribution in [3.8, 4) is 0 Å². The second kappa shape index (κ2) is 8.25. The van der Waals surface area contributed by atoms with Gasteiger partial charge in [0.25, 0.3) is 10.2 Å². The van der Waals surface area contributed by atoms with E-state index in [9.17, 15) is 25.3 Å². The zero-order chi connectivity index (χ0) is 17.6. The summed E-state index contributed by atoms with van der Waals surface area (Å²) in [5.74, 6) is -0.267. The summed E-state index contributed by atoms with van der Waals surface area (Å²) in [6, 6.07) is 0. The Morgan fingerprint density at radius 3 is 2.30 bits per heavy atom. The van der Waals surface area contributed by atoms with E-state index >= 15 is 0 Å². The molecule has 10 nitrogen and oxygen atoms in total. The lowest BCUT2D eigenvalue weighted by atomic mass is 9.80. The van der Waals surface area contributed by atoms with Crippen molar-refractivity contribution >= 4 is 0 Å². The van der Waals surface area contributed by atoms with E-state index in [1.165, 1.54) is 0 Å². The topological polar surface area (TPSA) is 134 Å². The van der Waals surface area contributed by atoms with Crippen LogP contribution in [0.25, 0.3) is 0 Å². The van der Waals surface area contributed by atoms with Gasteiger partial charge in [0.05, 0.1) is 12.2 Å². The van der Waals surface area contributed by atoms with Gasteiger partial charge in [0.15, 0.2) is 0 Å². The molecule has 0 spiro atoms. The number of ether oxygens (including phenoxy) is 1. The van der Waals surface area contributed by atoms with Gasteiger partial charge in [0.2, 0.25) is 0 Å². The second-order valence-corrected chi connectivity index (χ2v) is 6.04. The van der Waals surface area contributed by atoms with Crippen LogP contribution in [0, 0.1) is 32.1 Å². The molecule has 1 fully saturated rings. The lowest BCUT2D eigenvalue weighted by Gasteiger charge is -2.35. The van der Waals surface area contributed by atoms with Crippen molar-refractivity contribution in [1.29, 1.82) is 0 Å². The Morgan fingerprint density at radius 1 is 1.17 bits per heavy atom. The van der Waals surface area contributed by atoms with Gasteiger partial charge in [-0.1, -0.05) is 33.6 Å². The van der Waals surface area contributed by atoms with Crippen molar-refractivity contribution in [2.24, 2.45) is 11.8 Å². The maximum absolute atomic E-state index is 10.8. The van der Waals surface area contributed by atoms with Gasteiger partial charge in [-0.25, -0.2) is 0 Å². The molecule has 1 rings (SSSR count). The minimum Gasteiger partial charge on any atom is -0.385 e. The highest BCUT2D eigenvalue weighted by atomic mass is 17.0. The summed E-state index contributed by atoms with van der Waals surface area (Å²) >= 11 is 0. The second-order valence-electron chi connectivity index (χ2n) is 6.04. The van der Waals surface area contributed by atoms with Crippen molar-refractivity contribution in [2.45, 2.75) is 57.8 Å². The number of rotatable bonds is 10. The first-order valence-corrected chi connectivity index (χ1v) is 7.63. The molecular formula is C13H24N2O8. The van der Waals surface area contributed by atoms with E-state index in [4.69, 9.17) is 4.74 Å². The van der Waals surface area contributed by atoms with Crippen LogP contribution in [0.15, 0.2) is 0 Å². The van der Waals surface area contributed by atoms with Gasteiger partial charge in [-0.05, 0) is 18.3 Å². The van der Waals surface area contributed by atoms with Crippen LogP contribution in [0.1, 0.15) is 40.0 Å². The Hall–Kier alpha value is -1.68. The Bertz CT molecular complexity index is 421. The highest BCUT2D eigenvalue weighted by molar-refractivity contribution is 4.98. The van der Waals surface area contributed by atoms with Crippen LogP contribution in [0.4, 0.5) is 0 Å². The molecule has 0 aromatic heterocycles. The maximum atomic E-state index is 10.8. The lowest BCUT2D eigenvalue weighted by molar-refractivity contribution is -0.761. The quantitative estimate of drug-likeness (QED) is 0.467. The van der Waals surface area contributed by atoms with Crippen LogP contribution in [0.5, 0.6) is 0 Å². The first-order chi connectivity index (χ1) is 10.7. The smallest absolute Gasteiger partial charge is 0.294 e. The number of nitrogens with zero attached hydrogens (tertiary/aromatic N) is 2. The Kier molecular flexibility index (Phi) is 6.95. The molecular weight excluding hydrogens is 312 g/mol. The minimum atomic E-state index is -1.53. The molecule has 1 aliphatic rings. The number of unbranched alkanes of at least 4 members (excludes halogenated alkanes) is 1. The first kappa shape index (κ1) is 19.4. The zero-order valence-corrected chi connectivity index (χ0v) is 13.5. The minimum absolute atomic E-state index is 0.108. The van der Waals surface area contributed by atoms with E-state index in [0.717, 1.165) is 6.42 Å². The Balaban J connectivity index is 2.83. The predicted octanol–water partition coefficient (Wildman–Crippen LogP) is 1.36. The third-order valence-electron chi connectivity index (χ3n) is 4.47. The predicted molar refractivity (Wildman–Crippen MR) is 77.4 cm³/mol. The zero-order valence-electron chi connectivity index (χ0n) is 13.5. The largest absolute Gasteiger partial charge is 0.385 e. The summed E-state index contributed by atoms with van der Waals surface area (Å²) in [6.45, 7) is 4.88. The van der Waals surface area contributed by atoms with Gasteiger partial charge in [0.1, 0.15) is 18.8 Å². The van der Waals surface area contributed by atoms with E-state index in [1.54, 1.807) is 0 Å². The third kappa shape index (κ3) is 5.17. The molecule has 23 heavy (non-hydrogen) atoms. The molecule has 5 atom stereocenters. The summed E-state index contributed by atoms with van der Waals surface area (Å²) in [5, 5.41) is 29.8. The van der Waals surface area contributed by atoms with Crippen molar-refractivity contribution < 1.29 is 29.7 Å². The van der Waals surface area contributed by atoms with E-state index in [-0.39, 0.29) is 24.9 Å². The molecule has 0 aliphatic carbocycles. The molecule has 1 saturated heterocycles. The van der Waals surface area contributed by atoms with Crippen LogP contribution in [-0.2, 0) is 14.4 Å². The highest BCUT2D eigenvalue weighted by Gasteiger charge is 2.50. The van der Waals surface area contributed by atoms with E-state index in [0.29, 0.717) is 6.42 Å². The van der Waals surface area contributed by atoms with Gasteiger partial charge in [-0.2, -0.15) is 0 Å². The molecule has 0 aromatic rings. The normalized spacial score (nSPS) is 29.7. The van der Waals surface area contributed by atoms with Crippen molar-refractivity contribution in [3.63, 3.8) is 0 Å². The van der Waals surface area contributed by atoms with Crippen LogP contribution >= 0.6 is 0 Å². The van der Waals surface area contributed by atoms with Crippen molar-refractivity contribution in [1.82, 2.24) is 0 Å². The average Bonchev–Trinajstić information content (AvgIpc) is 2.77. The van der Waals surface area contributed by atoms with Crippen LogP contribution < -0.4 is 0 Å². The number of aliphatic hydroxyl groups is 1. The highest BCUT2D eigenvalue weighted by Crippen LogP contribution is 2.40.